The fraction of sp³-hybridized carbons (Fsp3) is 0.188. The maximum Gasteiger partial charge on any atom is 0.338 e. The van der Waals surface area contributed by atoms with Gasteiger partial charge in [-0.3, -0.25) is 0 Å². The first-order valence-electron chi connectivity index (χ1n) is 6.38. The molecule has 0 unspecified atom stereocenters. The van der Waals surface area contributed by atoms with Gasteiger partial charge >= 0.3 is 5.97 Å². The second-order valence-electron chi connectivity index (χ2n) is 4.61. The first-order valence-corrected chi connectivity index (χ1v) is 7.97. The minimum atomic E-state index is -0.325. The molecule has 0 saturated carbocycles. The van der Waals surface area contributed by atoms with E-state index in [1.54, 1.807) is 6.07 Å². The minimum Gasteiger partial charge on any atom is -0.465 e. The highest BCUT2D eigenvalue weighted by molar-refractivity contribution is 9.11. The molecule has 0 radical (unpaired) electrons. The molecule has 0 heterocycles. The lowest BCUT2D eigenvalue weighted by Gasteiger charge is -2.13. The zero-order chi connectivity index (χ0) is 15.4. The summed E-state index contributed by atoms with van der Waals surface area (Å²) >= 11 is 7.10. The van der Waals surface area contributed by atoms with E-state index in [2.05, 4.69) is 37.2 Å². The van der Waals surface area contributed by atoms with Crippen LogP contribution in [0.1, 0.15) is 21.5 Å². The highest BCUT2D eigenvalue weighted by Crippen LogP contribution is 2.32. The summed E-state index contributed by atoms with van der Waals surface area (Å²) in [7, 11) is 1.39. The SMILES string of the molecule is COC(=O)c1ccccc1CNc1c(Br)cc(C)cc1Br. The first-order chi connectivity index (χ1) is 10.0. The highest BCUT2D eigenvalue weighted by atomic mass is 79.9. The Kier molecular flexibility index (Phi) is 5.42. The minimum absolute atomic E-state index is 0.325. The largest absolute Gasteiger partial charge is 0.465 e. The standard InChI is InChI=1S/C16H15Br2NO2/c1-10-7-13(17)15(14(18)8-10)19-9-11-5-3-4-6-12(11)16(20)21-2/h3-8,19H,9H2,1-2H3. The topological polar surface area (TPSA) is 38.3 Å². The van der Waals surface area contributed by atoms with Gasteiger partial charge in [0.25, 0.3) is 0 Å². The van der Waals surface area contributed by atoms with Gasteiger partial charge in [-0.05, 0) is 68.1 Å². The number of ether oxygens (including phenoxy) is 1. The second-order valence-corrected chi connectivity index (χ2v) is 6.31. The molecule has 2 aromatic rings. The molecular formula is C16H15Br2NO2. The number of hydrogen-bond acceptors (Lipinski definition) is 3. The number of aryl methyl sites for hydroxylation is 1. The van der Waals surface area contributed by atoms with Gasteiger partial charge in [0.1, 0.15) is 0 Å². The summed E-state index contributed by atoms with van der Waals surface area (Å²) in [4.78, 5) is 11.8. The average Bonchev–Trinajstić information content (AvgIpc) is 2.45. The average molecular weight is 413 g/mol. The van der Waals surface area contributed by atoms with Crippen molar-refractivity contribution in [1.82, 2.24) is 0 Å². The van der Waals surface area contributed by atoms with Crippen molar-refractivity contribution in [2.75, 3.05) is 12.4 Å². The molecule has 0 aliphatic carbocycles. The van der Waals surface area contributed by atoms with Crippen molar-refractivity contribution in [2.45, 2.75) is 13.5 Å². The van der Waals surface area contributed by atoms with Crippen LogP contribution in [0.2, 0.25) is 0 Å². The number of benzene rings is 2. The smallest absolute Gasteiger partial charge is 0.338 e. The van der Waals surface area contributed by atoms with Gasteiger partial charge in [-0.15, -0.1) is 0 Å². The number of carbonyl (C=O) groups excluding carboxylic acids is 1. The van der Waals surface area contributed by atoms with E-state index in [0.29, 0.717) is 12.1 Å². The van der Waals surface area contributed by atoms with Crippen LogP contribution in [0.5, 0.6) is 0 Å². The fourth-order valence-corrected chi connectivity index (χ4v) is 3.73. The molecule has 0 bridgehead atoms. The second kappa shape index (κ2) is 7.09. The predicted molar refractivity (Wildman–Crippen MR) is 91.7 cm³/mol. The number of halogens is 2. The van der Waals surface area contributed by atoms with Crippen LogP contribution in [0, 0.1) is 6.92 Å². The summed E-state index contributed by atoms with van der Waals surface area (Å²) in [5, 5.41) is 3.34. The Bertz CT molecular complexity index is 648. The molecule has 0 aliphatic rings. The lowest BCUT2D eigenvalue weighted by molar-refractivity contribution is 0.0599. The third kappa shape index (κ3) is 3.86. The summed E-state index contributed by atoms with van der Waals surface area (Å²) < 4.78 is 6.76. The molecule has 0 fully saturated rings. The van der Waals surface area contributed by atoms with E-state index < -0.39 is 0 Å². The molecule has 1 N–H and O–H groups in total. The number of rotatable bonds is 4. The number of carbonyl (C=O) groups is 1. The van der Waals surface area contributed by atoms with Crippen LogP contribution in [0.3, 0.4) is 0 Å². The zero-order valence-corrected chi connectivity index (χ0v) is 14.9. The Labute approximate surface area is 141 Å². The molecule has 0 spiro atoms. The van der Waals surface area contributed by atoms with Gasteiger partial charge in [-0.2, -0.15) is 0 Å². The van der Waals surface area contributed by atoms with Crippen LogP contribution >= 0.6 is 31.9 Å². The van der Waals surface area contributed by atoms with Crippen LogP contribution in [0.4, 0.5) is 5.69 Å². The molecule has 0 saturated heterocycles. The van der Waals surface area contributed by atoms with E-state index in [0.717, 1.165) is 25.8 Å². The van der Waals surface area contributed by atoms with E-state index in [1.165, 1.54) is 7.11 Å². The Morgan fingerprint density at radius 1 is 1.19 bits per heavy atom. The summed E-state index contributed by atoms with van der Waals surface area (Å²) in [6.45, 7) is 2.57. The van der Waals surface area contributed by atoms with Crippen LogP contribution in [0.25, 0.3) is 0 Å². The third-order valence-corrected chi connectivity index (χ3v) is 4.32. The van der Waals surface area contributed by atoms with Crippen molar-refractivity contribution in [3.8, 4) is 0 Å². The Balaban J connectivity index is 2.23. The van der Waals surface area contributed by atoms with E-state index in [-0.39, 0.29) is 5.97 Å². The lowest BCUT2D eigenvalue weighted by atomic mass is 10.1. The molecule has 2 rings (SSSR count). The van der Waals surface area contributed by atoms with Crippen molar-refractivity contribution in [1.29, 1.82) is 0 Å². The predicted octanol–water partition coefficient (Wildman–Crippen LogP) is 4.92. The Morgan fingerprint density at radius 3 is 2.43 bits per heavy atom. The maximum atomic E-state index is 11.8. The van der Waals surface area contributed by atoms with Crippen molar-refractivity contribution in [2.24, 2.45) is 0 Å². The van der Waals surface area contributed by atoms with Crippen molar-refractivity contribution in [3.05, 3.63) is 62.0 Å². The van der Waals surface area contributed by atoms with Gasteiger partial charge in [0.05, 0.1) is 18.4 Å². The number of nitrogens with one attached hydrogen (secondary N) is 1. The van der Waals surface area contributed by atoms with Gasteiger partial charge in [0.2, 0.25) is 0 Å². The van der Waals surface area contributed by atoms with Gasteiger partial charge in [0, 0.05) is 15.5 Å². The zero-order valence-electron chi connectivity index (χ0n) is 11.7. The molecular weight excluding hydrogens is 398 g/mol. The normalized spacial score (nSPS) is 10.3. The van der Waals surface area contributed by atoms with Gasteiger partial charge in [0.15, 0.2) is 0 Å². The first kappa shape index (κ1) is 16.0. The molecule has 21 heavy (non-hydrogen) atoms. The van der Waals surface area contributed by atoms with Crippen LogP contribution in [-0.2, 0) is 11.3 Å². The molecule has 3 nitrogen and oxygen atoms in total. The molecule has 110 valence electrons. The third-order valence-electron chi connectivity index (χ3n) is 3.06. The van der Waals surface area contributed by atoms with Gasteiger partial charge in [-0.25, -0.2) is 4.79 Å². The summed E-state index contributed by atoms with van der Waals surface area (Å²) in [6, 6.07) is 11.5. The molecule has 0 atom stereocenters. The monoisotopic (exact) mass is 411 g/mol. The van der Waals surface area contributed by atoms with Crippen molar-refractivity contribution in [3.63, 3.8) is 0 Å². The number of methoxy groups -OCH3 is 1. The number of esters is 1. The van der Waals surface area contributed by atoms with Crippen molar-refractivity contribution >= 4 is 43.5 Å². The molecule has 0 aliphatic heterocycles. The lowest BCUT2D eigenvalue weighted by Crippen LogP contribution is -2.09. The molecule has 0 aromatic heterocycles. The fourth-order valence-electron chi connectivity index (χ4n) is 2.04. The van der Waals surface area contributed by atoms with Crippen LogP contribution in [-0.4, -0.2) is 13.1 Å². The van der Waals surface area contributed by atoms with Gasteiger partial charge in [-0.1, -0.05) is 18.2 Å². The van der Waals surface area contributed by atoms with Crippen LogP contribution < -0.4 is 5.32 Å². The molecule has 2 aromatic carbocycles. The summed E-state index contributed by atoms with van der Waals surface area (Å²) in [5.41, 5.74) is 3.59. The van der Waals surface area contributed by atoms with E-state index >= 15 is 0 Å². The molecule has 0 amide bonds. The highest BCUT2D eigenvalue weighted by Gasteiger charge is 2.12. The van der Waals surface area contributed by atoms with Crippen molar-refractivity contribution < 1.29 is 9.53 Å². The Hall–Kier alpha value is -1.33. The van der Waals surface area contributed by atoms with E-state index in [9.17, 15) is 4.79 Å². The van der Waals surface area contributed by atoms with Crippen LogP contribution in [0.15, 0.2) is 45.3 Å². The number of anilines is 1. The Morgan fingerprint density at radius 2 is 1.81 bits per heavy atom. The summed E-state index contributed by atoms with van der Waals surface area (Å²) in [6.07, 6.45) is 0. The number of hydrogen-bond donors (Lipinski definition) is 1. The summed E-state index contributed by atoms with van der Waals surface area (Å²) in [5.74, 6) is -0.325. The maximum absolute atomic E-state index is 11.8. The van der Waals surface area contributed by atoms with E-state index in [4.69, 9.17) is 4.74 Å². The molecule has 5 heteroatoms. The quantitative estimate of drug-likeness (QED) is 0.724. The van der Waals surface area contributed by atoms with E-state index in [1.807, 2.05) is 37.3 Å². The van der Waals surface area contributed by atoms with Gasteiger partial charge < -0.3 is 10.1 Å².